The number of benzene rings is 2. The molecule has 0 saturated carbocycles. The average Bonchev–Trinajstić information content (AvgIpc) is 2.73. The molecule has 0 aliphatic heterocycles. The monoisotopic (exact) mass is 434 g/mol. The van der Waals surface area contributed by atoms with Crippen LogP contribution in [-0.4, -0.2) is 34.6 Å². The van der Waals surface area contributed by atoms with Gasteiger partial charge in [-0.05, 0) is 49.6 Å². The molecule has 7 heteroatoms. The highest BCUT2D eigenvalue weighted by atomic mass is 32.2. The molecule has 30 heavy (non-hydrogen) atoms. The molecule has 2 aromatic rings. The standard InChI is InChI=1S/C23H28F2N2O2S/c1-4-16(2)26-23(29)17(3)27(13-18-9-11-20(24)12-10-18)22(28)15-30-14-19-7-5-6-8-21(19)25/h5-12,16-17H,4,13-15H2,1-3H3,(H,26,29). The highest BCUT2D eigenvalue weighted by Crippen LogP contribution is 2.18. The fourth-order valence-corrected chi connectivity index (χ4v) is 3.68. The van der Waals surface area contributed by atoms with Crippen LogP contribution in [0.3, 0.4) is 0 Å². The van der Waals surface area contributed by atoms with E-state index in [0.717, 1.165) is 12.0 Å². The number of hydrogen-bond donors (Lipinski definition) is 1. The Labute approximate surface area is 181 Å². The number of nitrogens with zero attached hydrogens (tertiary/aromatic N) is 1. The van der Waals surface area contributed by atoms with Crippen LogP contribution in [0.5, 0.6) is 0 Å². The van der Waals surface area contributed by atoms with Crippen molar-refractivity contribution in [3.63, 3.8) is 0 Å². The molecule has 4 nitrogen and oxygen atoms in total. The van der Waals surface area contributed by atoms with Gasteiger partial charge in [0, 0.05) is 18.3 Å². The number of amides is 2. The second kappa shape index (κ2) is 11.7. The first kappa shape index (κ1) is 23.9. The SMILES string of the molecule is CCC(C)NC(=O)C(C)N(Cc1ccc(F)cc1)C(=O)CSCc1ccccc1F. The second-order valence-corrected chi connectivity index (χ2v) is 8.21. The van der Waals surface area contributed by atoms with Crippen molar-refractivity contribution in [1.82, 2.24) is 10.2 Å². The van der Waals surface area contributed by atoms with E-state index >= 15 is 0 Å². The molecule has 0 heterocycles. The molecule has 0 spiro atoms. The molecular formula is C23H28F2N2O2S. The smallest absolute Gasteiger partial charge is 0.242 e. The molecule has 0 aliphatic carbocycles. The van der Waals surface area contributed by atoms with Gasteiger partial charge >= 0.3 is 0 Å². The summed E-state index contributed by atoms with van der Waals surface area (Å²) in [6.07, 6.45) is 0.781. The molecule has 0 saturated heterocycles. The summed E-state index contributed by atoms with van der Waals surface area (Å²) >= 11 is 1.29. The van der Waals surface area contributed by atoms with Gasteiger partial charge in [0.1, 0.15) is 17.7 Å². The number of carbonyl (C=O) groups excluding carboxylic acids is 2. The van der Waals surface area contributed by atoms with Crippen molar-refractivity contribution < 1.29 is 18.4 Å². The van der Waals surface area contributed by atoms with Crippen LogP contribution in [-0.2, 0) is 21.9 Å². The van der Waals surface area contributed by atoms with Gasteiger partial charge in [0.05, 0.1) is 5.75 Å². The summed E-state index contributed by atoms with van der Waals surface area (Å²) in [5, 5.41) is 2.90. The maximum Gasteiger partial charge on any atom is 0.242 e. The Hall–Kier alpha value is -2.41. The molecule has 0 radical (unpaired) electrons. The largest absolute Gasteiger partial charge is 0.352 e. The van der Waals surface area contributed by atoms with Crippen LogP contribution in [0.2, 0.25) is 0 Å². The summed E-state index contributed by atoms with van der Waals surface area (Å²) < 4.78 is 27.0. The first-order chi connectivity index (χ1) is 14.3. The number of carbonyl (C=O) groups is 2. The lowest BCUT2D eigenvalue weighted by Gasteiger charge is -2.29. The van der Waals surface area contributed by atoms with Gasteiger partial charge in [0.2, 0.25) is 11.8 Å². The fourth-order valence-electron chi connectivity index (χ4n) is 2.78. The topological polar surface area (TPSA) is 49.4 Å². The van der Waals surface area contributed by atoms with E-state index < -0.39 is 6.04 Å². The molecular weight excluding hydrogens is 406 g/mol. The summed E-state index contributed by atoms with van der Waals surface area (Å²) in [5.41, 5.74) is 1.26. The number of rotatable bonds is 10. The quantitative estimate of drug-likeness (QED) is 0.598. The molecule has 2 atom stereocenters. The number of nitrogens with one attached hydrogen (secondary N) is 1. The molecule has 2 unspecified atom stereocenters. The van der Waals surface area contributed by atoms with E-state index in [0.29, 0.717) is 11.3 Å². The normalized spacial score (nSPS) is 12.8. The Morgan fingerprint density at radius 2 is 1.73 bits per heavy atom. The summed E-state index contributed by atoms with van der Waals surface area (Å²) in [4.78, 5) is 27.1. The van der Waals surface area contributed by atoms with Gasteiger partial charge in [0.25, 0.3) is 0 Å². The van der Waals surface area contributed by atoms with Crippen LogP contribution in [0.25, 0.3) is 0 Å². The van der Waals surface area contributed by atoms with Gasteiger partial charge in [-0.25, -0.2) is 8.78 Å². The maximum atomic E-state index is 13.8. The molecule has 2 rings (SSSR count). The lowest BCUT2D eigenvalue weighted by Crippen LogP contribution is -2.50. The minimum absolute atomic E-state index is 0.00171. The lowest BCUT2D eigenvalue weighted by atomic mass is 10.1. The van der Waals surface area contributed by atoms with Crippen LogP contribution >= 0.6 is 11.8 Å². The zero-order valence-electron chi connectivity index (χ0n) is 17.5. The number of halogens is 2. The first-order valence-electron chi connectivity index (χ1n) is 9.97. The van der Waals surface area contributed by atoms with E-state index in [-0.39, 0.29) is 41.8 Å². The molecule has 0 fully saturated rings. The molecule has 2 amide bonds. The van der Waals surface area contributed by atoms with Gasteiger partial charge < -0.3 is 10.2 Å². The summed E-state index contributed by atoms with van der Waals surface area (Å²) in [5.74, 6) is -0.667. The van der Waals surface area contributed by atoms with E-state index in [4.69, 9.17) is 0 Å². The van der Waals surface area contributed by atoms with Gasteiger partial charge in [-0.1, -0.05) is 37.3 Å². The average molecular weight is 435 g/mol. The van der Waals surface area contributed by atoms with Gasteiger partial charge in [-0.15, -0.1) is 11.8 Å². The van der Waals surface area contributed by atoms with Gasteiger partial charge in [-0.2, -0.15) is 0 Å². The highest BCUT2D eigenvalue weighted by Gasteiger charge is 2.26. The second-order valence-electron chi connectivity index (χ2n) is 7.23. The van der Waals surface area contributed by atoms with E-state index in [1.54, 1.807) is 37.3 Å². The highest BCUT2D eigenvalue weighted by molar-refractivity contribution is 7.99. The minimum Gasteiger partial charge on any atom is -0.352 e. The van der Waals surface area contributed by atoms with Crippen molar-refractivity contribution in [3.05, 3.63) is 71.3 Å². The third kappa shape index (κ3) is 7.13. The van der Waals surface area contributed by atoms with E-state index in [1.807, 2.05) is 13.8 Å². The minimum atomic E-state index is -0.689. The zero-order chi connectivity index (χ0) is 22.1. The predicted octanol–water partition coefficient (Wildman–Crippen LogP) is 4.53. The maximum absolute atomic E-state index is 13.8. The van der Waals surface area contributed by atoms with Crippen molar-refractivity contribution in [3.8, 4) is 0 Å². The third-order valence-corrected chi connectivity index (χ3v) is 5.84. The third-order valence-electron chi connectivity index (χ3n) is 4.88. The van der Waals surface area contributed by atoms with Crippen molar-refractivity contribution in [2.45, 2.75) is 51.6 Å². The Bertz CT molecular complexity index is 845. The molecule has 162 valence electrons. The van der Waals surface area contributed by atoms with Crippen molar-refractivity contribution in [1.29, 1.82) is 0 Å². The Morgan fingerprint density at radius 3 is 2.37 bits per heavy atom. The van der Waals surface area contributed by atoms with Crippen LogP contribution in [0.1, 0.15) is 38.3 Å². The lowest BCUT2D eigenvalue weighted by molar-refractivity contribution is -0.138. The van der Waals surface area contributed by atoms with E-state index in [1.165, 1.54) is 34.9 Å². The Balaban J connectivity index is 2.08. The van der Waals surface area contributed by atoms with Crippen LogP contribution in [0.4, 0.5) is 8.78 Å². The predicted molar refractivity (Wildman–Crippen MR) is 117 cm³/mol. The summed E-state index contributed by atoms with van der Waals surface area (Å²) in [7, 11) is 0. The van der Waals surface area contributed by atoms with Gasteiger partial charge in [-0.3, -0.25) is 9.59 Å². The summed E-state index contributed by atoms with van der Waals surface area (Å²) in [6.45, 7) is 5.74. The van der Waals surface area contributed by atoms with Gasteiger partial charge in [0.15, 0.2) is 0 Å². The Kier molecular flexibility index (Phi) is 9.30. The number of hydrogen-bond acceptors (Lipinski definition) is 3. The van der Waals surface area contributed by atoms with E-state index in [9.17, 15) is 18.4 Å². The van der Waals surface area contributed by atoms with Crippen LogP contribution < -0.4 is 5.32 Å². The van der Waals surface area contributed by atoms with E-state index in [2.05, 4.69) is 5.32 Å². The van der Waals surface area contributed by atoms with Crippen molar-refractivity contribution in [2.24, 2.45) is 0 Å². The first-order valence-corrected chi connectivity index (χ1v) is 11.1. The fraction of sp³-hybridized carbons (Fsp3) is 0.391. The number of thioether (sulfide) groups is 1. The molecule has 2 aromatic carbocycles. The van der Waals surface area contributed by atoms with Crippen molar-refractivity contribution in [2.75, 3.05) is 5.75 Å². The zero-order valence-corrected chi connectivity index (χ0v) is 18.3. The molecule has 0 aromatic heterocycles. The molecule has 0 aliphatic rings. The van der Waals surface area contributed by atoms with Crippen molar-refractivity contribution >= 4 is 23.6 Å². The summed E-state index contributed by atoms with van der Waals surface area (Å²) in [6, 6.07) is 11.6. The van der Waals surface area contributed by atoms with Crippen LogP contribution in [0.15, 0.2) is 48.5 Å². The molecule has 1 N–H and O–H groups in total. The Morgan fingerprint density at radius 1 is 1.07 bits per heavy atom. The van der Waals surface area contributed by atoms with Crippen LogP contribution in [0, 0.1) is 11.6 Å². The molecule has 0 bridgehead atoms.